The van der Waals surface area contributed by atoms with Gasteiger partial charge in [-0.25, -0.2) is 0 Å². The van der Waals surface area contributed by atoms with Crippen LogP contribution in [-0.4, -0.2) is 28.6 Å². The summed E-state index contributed by atoms with van der Waals surface area (Å²) >= 11 is 0. The second-order valence-electron chi connectivity index (χ2n) is 5.81. The van der Waals surface area contributed by atoms with Crippen LogP contribution in [0.15, 0.2) is 30.3 Å². The van der Waals surface area contributed by atoms with Crippen molar-refractivity contribution >= 4 is 17.6 Å². The highest BCUT2D eigenvalue weighted by Gasteiger charge is 2.28. The van der Waals surface area contributed by atoms with Gasteiger partial charge in [-0.15, -0.1) is 0 Å². The summed E-state index contributed by atoms with van der Waals surface area (Å²) in [4.78, 5) is 23.3. The van der Waals surface area contributed by atoms with Crippen LogP contribution in [0.3, 0.4) is 0 Å². The third kappa shape index (κ3) is 3.59. The number of nitrogens with zero attached hydrogens (tertiary/aromatic N) is 1. The molecule has 6 heteroatoms. The summed E-state index contributed by atoms with van der Waals surface area (Å²) in [6.45, 7) is 2.54. The van der Waals surface area contributed by atoms with Crippen LogP contribution in [0.1, 0.15) is 25.3 Å². The van der Waals surface area contributed by atoms with Gasteiger partial charge in [0.15, 0.2) is 5.82 Å². The average molecular weight is 312 g/mol. The molecule has 1 unspecified atom stereocenters. The summed E-state index contributed by atoms with van der Waals surface area (Å²) < 4.78 is 0. The second-order valence-corrected chi connectivity index (χ2v) is 5.81. The number of rotatable bonds is 5. The smallest absolute Gasteiger partial charge is 0.230 e. The highest BCUT2D eigenvalue weighted by molar-refractivity contribution is 5.96. The molecule has 0 aliphatic carbocycles. The summed E-state index contributed by atoms with van der Waals surface area (Å²) in [5.74, 6) is -0.109. The van der Waals surface area contributed by atoms with Crippen LogP contribution < -0.4 is 10.6 Å². The molecule has 0 saturated carbocycles. The van der Waals surface area contributed by atoms with E-state index in [2.05, 4.69) is 39.9 Å². The highest BCUT2D eigenvalue weighted by Crippen LogP contribution is 2.22. The number of aromatic amines is 1. The van der Waals surface area contributed by atoms with Gasteiger partial charge in [0, 0.05) is 19.0 Å². The van der Waals surface area contributed by atoms with Crippen LogP contribution in [-0.2, 0) is 16.0 Å². The third-order valence-corrected chi connectivity index (χ3v) is 3.95. The molecule has 1 aromatic carbocycles. The lowest BCUT2D eigenvalue weighted by atomic mass is 10.1. The van der Waals surface area contributed by atoms with Crippen LogP contribution in [0, 0.1) is 5.92 Å². The maximum absolute atomic E-state index is 12.1. The number of aryl methyl sites for hydroxylation is 1. The molecule has 120 valence electrons. The Morgan fingerprint density at radius 1 is 1.39 bits per heavy atom. The van der Waals surface area contributed by atoms with Gasteiger partial charge in [0.1, 0.15) is 0 Å². The van der Waals surface area contributed by atoms with Crippen molar-refractivity contribution in [3.05, 3.63) is 35.9 Å². The minimum Gasteiger partial charge on any atom is -0.355 e. The molecule has 6 nitrogen and oxygen atoms in total. The minimum atomic E-state index is -0.324. The standard InChI is InChI=1S/C17H20N4O2/c1-2-4-11-5-3-6-12(7-11)14-9-15(21-20-14)19-17(23)13-8-16(22)18-10-13/h3,5-7,9,13H,2,4,8,10H2,1H3,(H,18,22)(H2,19,20,21,23). The van der Waals surface area contributed by atoms with Crippen molar-refractivity contribution in [2.24, 2.45) is 5.92 Å². The average Bonchev–Trinajstić information content (AvgIpc) is 3.17. The van der Waals surface area contributed by atoms with Gasteiger partial charge in [0.25, 0.3) is 0 Å². The number of benzene rings is 1. The van der Waals surface area contributed by atoms with Crippen molar-refractivity contribution in [1.29, 1.82) is 0 Å². The van der Waals surface area contributed by atoms with E-state index in [0.717, 1.165) is 24.1 Å². The Morgan fingerprint density at radius 2 is 2.26 bits per heavy atom. The van der Waals surface area contributed by atoms with E-state index in [4.69, 9.17) is 0 Å². The highest BCUT2D eigenvalue weighted by atomic mass is 16.2. The first-order valence-corrected chi connectivity index (χ1v) is 7.88. The number of hydrogen-bond donors (Lipinski definition) is 3. The molecule has 1 aliphatic heterocycles. The fraction of sp³-hybridized carbons (Fsp3) is 0.353. The molecule has 1 atom stereocenters. The molecule has 0 radical (unpaired) electrons. The Morgan fingerprint density at radius 3 is 3.00 bits per heavy atom. The van der Waals surface area contributed by atoms with E-state index < -0.39 is 0 Å². The number of nitrogens with one attached hydrogen (secondary N) is 3. The normalized spacial score (nSPS) is 17.1. The number of carbonyl (C=O) groups excluding carboxylic acids is 2. The summed E-state index contributed by atoms with van der Waals surface area (Å²) in [6, 6.07) is 10.1. The lowest BCUT2D eigenvalue weighted by Gasteiger charge is -2.05. The molecule has 1 saturated heterocycles. The zero-order chi connectivity index (χ0) is 16.2. The van der Waals surface area contributed by atoms with Crippen molar-refractivity contribution in [2.75, 3.05) is 11.9 Å². The molecule has 1 aliphatic rings. The molecule has 2 aromatic rings. The zero-order valence-electron chi connectivity index (χ0n) is 13.1. The number of aromatic nitrogens is 2. The number of anilines is 1. The van der Waals surface area contributed by atoms with Gasteiger partial charge in [-0.1, -0.05) is 31.5 Å². The summed E-state index contributed by atoms with van der Waals surface area (Å²) in [6.07, 6.45) is 2.37. The fourth-order valence-electron chi connectivity index (χ4n) is 2.74. The van der Waals surface area contributed by atoms with Crippen molar-refractivity contribution in [1.82, 2.24) is 15.5 Å². The molecular weight excluding hydrogens is 292 g/mol. The Hall–Kier alpha value is -2.63. The Labute approximate surface area is 134 Å². The van der Waals surface area contributed by atoms with E-state index in [1.807, 2.05) is 18.2 Å². The van der Waals surface area contributed by atoms with E-state index in [9.17, 15) is 9.59 Å². The summed E-state index contributed by atoms with van der Waals surface area (Å²) in [5, 5.41) is 12.5. The number of hydrogen-bond acceptors (Lipinski definition) is 3. The topological polar surface area (TPSA) is 86.9 Å². The molecule has 23 heavy (non-hydrogen) atoms. The van der Waals surface area contributed by atoms with Gasteiger partial charge in [-0.2, -0.15) is 5.10 Å². The lowest BCUT2D eigenvalue weighted by molar-refractivity contribution is -0.123. The predicted octanol–water partition coefficient (Wildman–Crippen LogP) is 2.10. The lowest BCUT2D eigenvalue weighted by Crippen LogP contribution is -2.24. The molecule has 3 N–H and O–H groups in total. The van der Waals surface area contributed by atoms with Crippen LogP contribution >= 0.6 is 0 Å². The second kappa shape index (κ2) is 6.64. The predicted molar refractivity (Wildman–Crippen MR) is 87.8 cm³/mol. The largest absolute Gasteiger partial charge is 0.355 e. The summed E-state index contributed by atoms with van der Waals surface area (Å²) in [5.41, 5.74) is 3.18. The molecule has 1 aromatic heterocycles. The first-order valence-electron chi connectivity index (χ1n) is 7.88. The monoisotopic (exact) mass is 312 g/mol. The van der Waals surface area contributed by atoms with Crippen LogP contribution in [0.2, 0.25) is 0 Å². The van der Waals surface area contributed by atoms with Gasteiger partial charge in [0.05, 0.1) is 11.6 Å². The Kier molecular flexibility index (Phi) is 4.41. The van der Waals surface area contributed by atoms with Crippen molar-refractivity contribution in [3.8, 4) is 11.3 Å². The fourth-order valence-corrected chi connectivity index (χ4v) is 2.74. The Balaban J connectivity index is 1.69. The van der Waals surface area contributed by atoms with E-state index in [-0.39, 0.29) is 24.2 Å². The van der Waals surface area contributed by atoms with Gasteiger partial charge >= 0.3 is 0 Å². The van der Waals surface area contributed by atoms with Gasteiger partial charge in [-0.3, -0.25) is 14.7 Å². The van der Waals surface area contributed by atoms with Gasteiger partial charge < -0.3 is 10.6 Å². The number of amides is 2. The molecule has 3 rings (SSSR count). The van der Waals surface area contributed by atoms with E-state index in [1.165, 1.54) is 5.56 Å². The van der Waals surface area contributed by atoms with Gasteiger partial charge in [0.2, 0.25) is 11.8 Å². The van der Waals surface area contributed by atoms with Gasteiger partial charge in [-0.05, 0) is 23.6 Å². The molecular formula is C17H20N4O2. The molecule has 2 amide bonds. The van der Waals surface area contributed by atoms with E-state index in [0.29, 0.717) is 12.4 Å². The summed E-state index contributed by atoms with van der Waals surface area (Å²) in [7, 11) is 0. The van der Waals surface area contributed by atoms with Crippen LogP contribution in [0.4, 0.5) is 5.82 Å². The van der Waals surface area contributed by atoms with E-state index in [1.54, 1.807) is 0 Å². The van der Waals surface area contributed by atoms with Crippen LogP contribution in [0.25, 0.3) is 11.3 Å². The molecule has 0 bridgehead atoms. The minimum absolute atomic E-state index is 0.0828. The molecule has 0 spiro atoms. The van der Waals surface area contributed by atoms with Crippen LogP contribution in [0.5, 0.6) is 0 Å². The zero-order valence-corrected chi connectivity index (χ0v) is 13.1. The third-order valence-electron chi connectivity index (χ3n) is 3.95. The Bertz CT molecular complexity index is 723. The maximum Gasteiger partial charge on any atom is 0.230 e. The van der Waals surface area contributed by atoms with E-state index >= 15 is 0 Å². The van der Waals surface area contributed by atoms with Crippen molar-refractivity contribution in [2.45, 2.75) is 26.2 Å². The first kappa shape index (κ1) is 15.3. The number of carbonyl (C=O) groups is 2. The first-order chi connectivity index (χ1) is 11.2. The quantitative estimate of drug-likeness (QED) is 0.790. The SMILES string of the molecule is CCCc1cccc(-c2cc(NC(=O)C3CNC(=O)C3)n[nH]2)c1. The molecule has 1 fully saturated rings. The van der Waals surface area contributed by atoms with Crippen molar-refractivity contribution < 1.29 is 9.59 Å². The van der Waals surface area contributed by atoms with Crippen molar-refractivity contribution in [3.63, 3.8) is 0 Å². The molecule has 2 heterocycles. The maximum atomic E-state index is 12.1. The number of H-pyrrole nitrogens is 1.